The van der Waals surface area contributed by atoms with Crippen LogP contribution in [0.15, 0.2) is 58.5 Å². The van der Waals surface area contributed by atoms with Crippen LogP contribution in [0.3, 0.4) is 0 Å². The molecular formula is C24H8F3N5. The van der Waals surface area contributed by atoms with E-state index in [1.165, 1.54) is 6.07 Å². The third kappa shape index (κ3) is 2.62. The number of nitriles is 3. The summed E-state index contributed by atoms with van der Waals surface area (Å²) in [5.41, 5.74) is -0.421. The lowest BCUT2D eigenvalue weighted by atomic mass is 10.1. The van der Waals surface area contributed by atoms with Crippen LogP contribution < -0.4 is 10.7 Å². The fourth-order valence-corrected chi connectivity index (χ4v) is 4.26. The van der Waals surface area contributed by atoms with Crippen molar-refractivity contribution in [3.8, 4) is 18.5 Å². The highest BCUT2D eigenvalue weighted by molar-refractivity contribution is 6.21. The molecule has 5 aromatic rings. The van der Waals surface area contributed by atoms with Gasteiger partial charge in [0.1, 0.15) is 0 Å². The van der Waals surface area contributed by atoms with E-state index in [0.717, 1.165) is 22.9 Å². The Bertz CT molecular complexity index is 1850. The molecule has 0 spiro atoms. The van der Waals surface area contributed by atoms with Crippen molar-refractivity contribution in [2.75, 3.05) is 0 Å². The molecule has 0 amide bonds. The van der Waals surface area contributed by atoms with Gasteiger partial charge < -0.3 is 0 Å². The molecule has 5 rings (SSSR count). The summed E-state index contributed by atoms with van der Waals surface area (Å²) in [6, 6.07) is 14.0. The summed E-state index contributed by atoms with van der Waals surface area (Å²) >= 11 is 0. The van der Waals surface area contributed by atoms with Crippen LogP contribution in [0.2, 0.25) is 0 Å². The molecule has 0 heterocycles. The Kier molecular flexibility index (Phi) is 3.99. The van der Waals surface area contributed by atoms with E-state index in [1.54, 1.807) is 42.7 Å². The van der Waals surface area contributed by atoms with Crippen molar-refractivity contribution < 1.29 is 13.2 Å². The van der Waals surface area contributed by atoms with Crippen LogP contribution in [0, 0.1) is 34.2 Å². The second kappa shape index (κ2) is 6.63. The van der Waals surface area contributed by atoms with E-state index in [2.05, 4.69) is 16.1 Å². The maximum absolute atomic E-state index is 13.3. The Morgan fingerprint density at radius 1 is 0.594 bits per heavy atom. The van der Waals surface area contributed by atoms with Gasteiger partial charge in [0.15, 0.2) is 0 Å². The molecule has 5 aromatic carbocycles. The van der Waals surface area contributed by atoms with Crippen molar-refractivity contribution in [2.24, 2.45) is 9.98 Å². The predicted molar refractivity (Wildman–Crippen MR) is 111 cm³/mol. The molecule has 0 saturated heterocycles. The molecule has 0 unspecified atom stereocenters. The fourth-order valence-electron chi connectivity index (χ4n) is 4.26. The van der Waals surface area contributed by atoms with Gasteiger partial charge in [0.25, 0.3) is 0 Å². The molecule has 32 heavy (non-hydrogen) atoms. The van der Waals surface area contributed by atoms with Crippen LogP contribution in [0.5, 0.6) is 0 Å². The lowest BCUT2D eigenvalue weighted by molar-refractivity contribution is -0.137. The van der Waals surface area contributed by atoms with Crippen LogP contribution >= 0.6 is 0 Å². The van der Waals surface area contributed by atoms with Gasteiger partial charge in [-0.1, -0.05) is 12.1 Å². The average Bonchev–Trinajstić information content (AvgIpc) is 3.24. The second-order valence-corrected chi connectivity index (χ2v) is 7.19. The smallest absolute Gasteiger partial charge is 0.192 e. The Morgan fingerprint density at radius 2 is 1.09 bits per heavy atom. The van der Waals surface area contributed by atoms with Crippen LogP contribution in [0.4, 0.5) is 13.2 Å². The molecule has 0 saturated carbocycles. The quantitative estimate of drug-likeness (QED) is 0.334. The number of halogens is 3. The third-order valence-corrected chi connectivity index (χ3v) is 5.58. The Morgan fingerprint density at radius 3 is 1.62 bits per heavy atom. The molecule has 0 atom stereocenters. The lowest BCUT2D eigenvalue weighted by Gasteiger charge is -2.06. The topological polar surface area (TPSA) is 96.1 Å². The molecule has 0 fully saturated rings. The summed E-state index contributed by atoms with van der Waals surface area (Å²) in [4.78, 5) is 7.74. The molecule has 0 aliphatic rings. The summed E-state index contributed by atoms with van der Waals surface area (Å²) in [7, 11) is 0. The maximum atomic E-state index is 13.3. The summed E-state index contributed by atoms with van der Waals surface area (Å²) in [6.07, 6.45) is -1.09. The first-order chi connectivity index (χ1) is 15.4. The van der Waals surface area contributed by atoms with Crippen molar-refractivity contribution in [1.29, 1.82) is 15.8 Å². The largest absolute Gasteiger partial charge is 0.416 e. The minimum Gasteiger partial charge on any atom is -0.192 e. The number of alkyl halides is 3. The fraction of sp³-hybridized carbons (Fsp3) is 0.0417. The minimum absolute atomic E-state index is 0.136. The SMILES string of the molecule is N#C/N=c1/c2cc(C(F)(F)F)ccc2c2cc3c(cc12)/c(=N/C#N)c1cc(C#N)ccc13. The van der Waals surface area contributed by atoms with Crippen molar-refractivity contribution in [3.05, 3.63) is 70.4 Å². The van der Waals surface area contributed by atoms with Gasteiger partial charge in [-0.15, -0.1) is 0 Å². The third-order valence-electron chi connectivity index (χ3n) is 5.58. The second-order valence-electron chi connectivity index (χ2n) is 7.19. The average molecular weight is 423 g/mol. The maximum Gasteiger partial charge on any atom is 0.416 e. The zero-order valence-corrected chi connectivity index (χ0v) is 16.0. The highest BCUT2D eigenvalue weighted by atomic mass is 19.4. The molecular weight excluding hydrogens is 415 g/mol. The van der Waals surface area contributed by atoms with E-state index in [9.17, 15) is 29.0 Å². The molecule has 0 aliphatic carbocycles. The monoisotopic (exact) mass is 423 g/mol. The standard InChI is InChI=1S/C24H8F3N5/c25-24(26,27)13-2-4-15-17-7-16-14-3-1-12(9-28)5-18(14)22(31-10-29)20(16)8-21(17)23(32-11-30)19(15)6-13/h1-8H/b31-22+,32-23-. The molecule has 0 aliphatic heterocycles. The minimum atomic E-state index is -4.53. The lowest BCUT2D eigenvalue weighted by Crippen LogP contribution is -2.06. The first-order valence-electron chi connectivity index (χ1n) is 9.26. The van der Waals surface area contributed by atoms with Gasteiger partial charge in [-0.3, -0.25) is 0 Å². The van der Waals surface area contributed by atoms with Gasteiger partial charge in [0.2, 0.25) is 12.4 Å². The summed E-state index contributed by atoms with van der Waals surface area (Å²) in [5.74, 6) is 0. The zero-order valence-electron chi connectivity index (χ0n) is 16.0. The Labute approximate surface area is 177 Å². The van der Waals surface area contributed by atoms with E-state index < -0.39 is 11.7 Å². The molecule has 150 valence electrons. The number of rotatable bonds is 0. The van der Waals surface area contributed by atoms with Gasteiger partial charge in [-0.05, 0) is 57.9 Å². The summed E-state index contributed by atoms with van der Waals surface area (Å²) in [6.45, 7) is 0. The molecule has 0 aromatic heterocycles. The summed E-state index contributed by atoms with van der Waals surface area (Å²) in [5, 5.41) is 32.7. The van der Waals surface area contributed by atoms with Crippen molar-refractivity contribution in [2.45, 2.75) is 6.18 Å². The van der Waals surface area contributed by atoms with Crippen molar-refractivity contribution in [1.82, 2.24) is 0 Å². The van der Waals surface area contributed by atoms with Gasteiger partial charge in [0.05, 0.1) is 27.9 Å². The Hall–Kier alpha value is -4.74. The Balaban J connectivity index is 2.04. The van der Waals surface area contributed by atoms with Gasteiger partial charge in [0, 0.05) is 21.5 Å². The summed E-state index contributed by atoms with van der Waals surface area (Å²) < 4.78 is 39.8. The number of benzene rings is 3. The van der Waals surface area contributed by atoms with E-state index in [4.69, 9.17) is 0 Å². The van der Waals surface area contributed by atoms with E-state index in [-0.39, 0.29) is 10.7 Å². The van der Waals surface area contributed by atoms with E-state index >= 15 is 0 Å². The van der Waals surface area contributed by atoms with Crippen molar-refractivity contribution in [3.63, 3.8) is 0 Å². The van der Waals surface area contributed by atoms with E-state index in [1.807, 2.05) is 0 Å². The molecule has 0 N–H and O–H groups in total. The highest BCUT2D eigenvalue weighted by Gasteiger charge is 2.31. The van der Waals surface area contributed by atoms with Gasteiger partial charge >= 0.3 is 6.18 Å². The number of hydrogen-bond acceptors (Lipinski definition) is 5. The number of fused-ring (bicyclic) bond motifs is 6. The van der Waals surface area contributed by atoms with Crippen LogP contribution in [0.1, 0.15) is 11.1 Å². The van der Waals surface area contributed by atoms with Gasteiger partial charge in [-0.25, -0.2) is 0 Å². The zero-order chi connectivity index (χ0) is 22.6. The molecule has 8 heteroatoms. The normalized spacial score (nSPS) is 13.1. The predicted octanol–water partition coefficient (Wildman–Crippen LogP) is 4.83. The van der Waals surface area contributed by atoms with Crippen LogP contribution in [-0.4, -0.2) is 0 Å². The van der Waals surface area contributed by atoms with E-state index in [0.29, 0.717) is 37.9 Å². The number of nitrogens with zero attached hydrogens (tertiary/aromatic N) is 5. The van der Waals surface area contributed by atoms with Crippen molar-refractivity contribution >= 4 is 43.1 Å². The van der Waals surface area contributed by atoms with Crippen LogP contribution in [-0.2, 0) is 6.18 Å². The van der Waals surface area contributed by atoms with Gasteiger partial charge in [-0.2, -0.15) is 38.9 Å². The molecule has 0 bridgehead atoms. The highest BCUT2D eigenvalue weighted by Crippen LogP contribution is 2.36. The van der Waals surface area contributed by atoms with Crippen LogP contribution in [0.25, 0.3) is 43.1 Å². The first kappa shape index (κ1) is 19.2. The molecule has 0 radical (unpaired) electrons. The number of hydrogen-bond donors (Lipinski definition) is 0. The first-order valence-corrected chi connectivity index (χ1v) is 9.26. The molecule has 5 nitrogen and oxygen atoms in total.